The van der Waals surface area contributed by atoms with Crippen molar-refractivity contribution in [3.05, 3.63) is 36.2 Å². The summed E-state index contributed by atoms with van der Waals surface area (Å²) in [6, 6.07) is 4.02. The Kier molecular flexibility index (Phi) is 3.99. The molecule has 7 heteroatoms. The van der Waals surface area contributed by atoms with Crippen molar-refractivity contribution < 1.29 is 23.0 Å². The van der Waals surface area contributed by atoms with Crippen LogP contribution in [0.2, 0.25) is 0 Å². The molecule has 0 saturated carbocycles. The Hall–Kier alpha value is -2.02. The van der Waals surface area contributed by atoms with Crippen molar-refractivity contribution in [2.24, 2.45) is 0 Å². The minimum absolute atomic E-state index is 0.339. The van der Waals surface area contributed by atoms with Crippen LogP contribution in [-0.4, -0.2) is 21.2 Å². The largest absolute Gasteiger partial charge is 0.573 e. The number of aliphatic hydroxyl groups excluding tert-OH is 1. The summed E-state index contributed by atoms with van der Waals surface area (Å²) in [6.45, 7) is 2.19. The summed E-state index contributed by atoms with van der Waals surface area (Å²) in [5.74, 6) is -0.358. The first-order valence-corrected chi connectivity index (χ1v) is 5.94. The van der Waals surface area contributed by atoms with Gasteiger partial charge in [0.25, 0.3) is 0 Å². The highest BCUT2D eigenvalue weighted by molar-refractivity contribution is 5.64. The minimum Gasteiger partial charge on any atom is -0.406 e. The summed E-state index contributed by atoms with van der Waals surface area (Å²) in [4.78, 5) is 0. The van der Waals surface area contributed by atoms with E-state index in [0.29, 0.717) is 23.2 Å². The molecular weight excluding hydrogens is 273 g/mol. The lowest BCUT2D eigenvalue weighted by atomic mass is 10.1. The molecule has 20 heavy (non-hydrogen) atoms. The predicted molar refractivity (Wildman–Crippen MR) is 65.9 cm³/mol. The van der Waals surface area contributed by atoms with Crippen LogP contribution in [0, 0.1) is 0 Å². The van der Waals surface area contributed by atoms with E-state index < -0.39 is 6.36 Å². The smallest absolute Gasteiger partial charge is 0.406 e. The molecule has 0 radical (unpaired) electrons. The molecular formula is C13H13F3N2O2. The van der Waals surface area contributed by atoms with Crippen LogP contribution in [0.1, 0.15) is 12.5 Å². The highest BCUT2D eigenvalue weighted by Gasteiger charge is 2.31. The van der Waals surface area contributed by atoms with Crippen LogP contribution in [0.4, 0.5) is 13.2 Å². The van der Waals surface area contributed by atoms with Crippen LogP contribution < -0.4 is 4.74 Å². The van der Waals surface area contributed by atoms with Crippen molar-refractivity contribution in [2.75, 3.05) is 0 Å². The molecule has 0 atom stereocenters. The van der Waals surface area contributed by atoms with Gasteiger partial charge >= 0.3 is 6.36 Å². The molecule has 0 unspecified atom stereocenters. The molecule has 2 aromatic rings. The second kappa shape index (κ2) is 5.54. The average molecular weight is 286 g/mol. The summed E-state index contributed by atoms with van der Waals surface area (Å²) in [7, 11) is 0. The number of aryl methyl sites for hydroxylation is 1. The van der Waals surface area contributed by atoms with Crippen LogP contribution in [0.5, 0.6) is 5.75 Å². The van der Waals surface area contributed by atoms with Crippen LogP contribution in [0.15, 0.2) is 30.6 Å². The van der Waals surface area contributed by atoms with Gasteiger partial charge in [-0.05, 0) is 36.2 Å². The van der Waals surface area contributed by atoms with Crippen molar-refractivity contribution >= 4 is 0 Å². The lowest BCUT2D eigenvalue weighted by Crippen LogP contribution is -2.17. The van der Waals surface area contributed by atoms with Gasteiger partial charge in [0.1, 0.15) is 5.75 Å². The highest BCUT2D eigenvalue weighted by Crippen LogP contribution is 2.29. The maximum Gasteiger partial charge on any atom is 0.573 e. The summed E-state index contributed by atoms with van der Waals surface area (Å²) >= 11 is 0. The molecule has 108 valence electrons. The number of nitrogens with zero attached hydrogens (tertiary/aromatic N) is 2. The van der Waals surface area contributed by atoms with E-state index in [9.17, 15) is 13.2 Å². The summed E-state index contributed by atoms with van der Waals surface area (Å²) in [6.07, 6.45) is -1.50. The molecule has 1 aromatic carbocycles. The van der Waals surface area contributed by atoms with E-state index in [1.807, 2.05) is 6.92 Å². The van der Waals surface area contributed by atoms with E-state index in [2.05, 4.69) is 9.84 Å². The molecule has 0 aliphatic rings. The van der Waals surface area contributed by atoms with Crippen molar-refractivity contribution in [2.45, 2.75) is 26.4 Å². The number of rotatable bonds is 4. The fourth-order valence-corrected chi connectivity index (χ4v) is 1.80. The van der Waals surface area contributed by atoms with Gasteiger partial charge in [-0.2, -0.15) is 5.10 Å². The van der Waals surface area contributed by atoms with Crippen molar-refractivity contribution in [3.63, 3.8) is 0 Å². The Bertz CT molecular complexity index is 594. The van der Waals surface area contributed by atoms with Gasteiger partial charge in [0.05, 0.1) is 12.8 Å². The highest BCUT2D eigenvalue weighted by atomic mass is 19.4. The molecule has 2 rings (SSSR count). The van der Waals surface area contributed by atoms with Gasteiger partial charge < -0.3 is 9.84 Å². The lowest BCUT2D eigenvalue weighted by Gasteiger charge is -2.11. The average Bonchev–Trinajstić information content (AvgIpc) is 2.85. The fraction of sp³-hybridized carbons (Fsp3) is 0.308. The third-order valence-electron chi connectivity index (χ3n) is 2.67. The number of aliphatic hydroxyl groups is 1. The van der Waals surface area contributed by atoms with Gasteiger partial charge in [-0.25, -0.2) is 0 Å². The van der Waals surface area contributed by atoms with Gasteiger partial charge in [0.2, 0.25) is 0 Å². The topological polar surface area (TPSA) is 47.3 Å². The quantitative estimate of drug-likeness (QED) is 0.940. The molecule has 0 saturated heterocycles. The molecule has 0 fully saturated rings. The Balaban J connectivity index is 2.39. The predicted octanol–water partition coefficient (Wildman–Crippen LogP) is 2.96. The van der Waals surface area contributed by atoms with Crippen LogP contribution >= 0.6 is 0 Å². The van der Waals surface area contributed by atoms with Gasteiger partial charge in [-0.3, -0.25) is 4.68 Å². The SMILES string of the molecule is CCn1cc(-c2cc(CO)cc(OC(F)(F)F)c2)cn1. The maximum absolute atomic E-state index is 12.3. The zero-order valence-electron chi connectivity index (χ0n) is 10.7. The zero-order valence-corrected chi connectivity index (χ0v) is 10.7. The monoisotopic (exact) mass is 286 g/mol. The number of benzene rings is 1. The zero-order chi connectivity index (χ0) is 14.8. The first-order chi connectivity index (χ1) is 9.41. The molecule has 0 amide bonds. The summed E-state index contributed by atoms with van der Waals surface area (Å²) in [5, 5.41) is 13.2. The normalized spacial score (nSPS) is 11.7. The van der Waals surface area contributed by atoms with E-state index in [4.69, 9.17) is 5.11 Å². The third-order valence-corrected chi connectivity index (χ3v) is 2.67. The number of aromatic nitrogens is 2. The minimum atomic E-state index is -4.76. The van der Waals surface area contributed by atoms with E-state index in [-0.39, 0.29) is 12.4 Å². The number of alkyl halides is 3. The molecule has 0 aliphatic carbocycles. The molecule has 0 aliphatic heterocycles. The van der Waals surface area contributed by atoms with Crippen LogP contribution in [0.25, 0.3) is 11.1 Å². The lowest BCUT2D eigenvalue weighted by molar-refractivity contribution is -0.274. The van der Waals surface area contributed by atoms with E-state index >= 15 is 0 Å². The van der Waals surface area contributed by atoms with Gasteiger partial charge in [0.15, 0.2) is 0 Å². The molecule has 0 spiro atoms. The van der Waals surface area contributed by atoms with E-state index in [0.717, 1.165) is 6.07 Å². The second-order valence-electron chi connectivity index (χ2n) is 4.16. The van der Waals surface area contributed by atoms with E-state index in [1.165, 1.54) is 6.07 Å². The second-order valence-corrected chi connectivity index (χ2v) is 4.16. The van der Waals surface area contributed by atoms with Gasteiger partial charge in [-0.1, -0.05) is 0 Å². The molecule has 1 heterocycles. The van der Waals surface area contributed by atoms with Crippen molar-refractivity contribution in [1.29, 1.82) is 0 Å². The Labute approximate surface area is 113 Å². The van der Waals surface area contributed by atoms with Crippen molar-refractivity contribution in [3.8, 4) is 16.9 Å². The molecule has 1 aromatic heterocycles. The Morgan fingerprint density at radius 3 is 2.55 bits per heavy atom. The maximum atomic E-state index is 12.3. The van der Waals surface area contributed by atoms with Gasteiger partial charge in [0, 0.05) is 18.3 Å². The Morgan fingerprint density at radius 1 is 1.25 bits per heavy atom. The standard InChI is InChI=1S/C13H13F3N2O2/c1-2-18-7-11(6-17-18)10-3-9(8-19)4-12(5-10)20-13(14,15)16/h3-7,19H,2,8H2,1H3. The number of hydrogen-bond acceptors (Lipinski definition) is 3. The molecule has 1 N–H and O–H groups in total. The Morgan fingerprint density at radius 2 is 2.00 bits per heavy atom. The van der Waals surface area contributed by atoms with Crippen LogP contribution in [0.3, 0.4) is 0 Å². The van der Waals surface area contributed by atoms with Crippen molar-refractivity contribution in [1.82, 2.24) is 9.78 Å². The number of halogens is 3. The van der Waals surface area contributed by atoms with E-state index in [1.54, 1.807) is 23.1 Å². The summed E-state index contributed by atoms with van der Waals surface area (Å²) < 4.78 is 42.4. The summed E-state index contributed by atoms with van der Waals surface area (Å²) in [5.41, 5.74) is 1.51. The van der Waals surface area contributed by atoms with Gasteiger partial charge in [-0.15, -0.1) is 13.2 Å². The molecule has 4 nitrogen and oxygen atoms in total. The third kappa shape index (κ3) is 3.51. The fourth-order valence-electron chi connectivity index (χ4n) is 1.80. The first-order valence-electron chi connectivity index (χ1n) is 5.94. The van der Waals surface area contributed by atoms with Crippen LogP contribution in [-0.2, 0) is 13.2 Å². The molecule has 0 bridgehead atoms. The first kappa shape index (κ1) is 14.4. The number of hydrogen-bond donors (Lipinski definition) is 1. The number of ether oxygens (including phenoxy) is 1.